The molecule has 16 heavy (non-hydrogen) atoms. The molecule has 0 atom stereocenters. The number of hydrogen-bond acceptors (Lipinski definition) is 4. The molecule has 6 heteroatoms. The average molecular weight is 218 g/mol. The van der Waals surface area contributed by atoms with Crippen LogP contribution in [0.1, 0.15) is 5.56 Å². The predicted molar refractivity (Wildman–Crippen MR) is 59.7 cm³/mol. The van der Waals surface area contributed by atoms with Crippen LogP contribution >= 0.6 is 0 Å². The van der Waals surface area contributed by atoms with Crippen molar-refractivity contribution in [3.8, 4) is 0 Å². The van der Waals surface area contributed by atoms with E-state index in [4.69, 9.17) is 0 Å². The van der Waals surface area contributed by atoms with Crippen LogP contribution in [-0.4, -0.2) is 15.1 Å². The van der Waals surface area contributed by atoms with Crippen LogP contribution in [0, 0.1) is 17.0 Å². The third kappa shape index (κ3) is 2.00. The Labute approximate surface area is 91.5 Å². The van der Waals surface area contributed by atoms with Gasteiger partial charge in [0.05, 0.1) is 16.8 Å². The van der Waals surface area contributed by atoms with E-state index >= 15 is 0 Å². The van der Waals surface area contributed by atoms with Gasteiger partial charge in [-0.15, -0.1) is 0 Å². The van der Waals surface area contributed by atoms with Gasteiger partial charge in [0.25, 0.3) is 5.69 Å². The number of benzene rings is 1. The first-order valence-electron chi connectivity index (χ1n) is 4.67. The molecule has 0 aliphatic rings. The number of nitro benzene ring substituents is 1. The van der Waals surface area contributed by atoms with E-state index in [1.165, 1.54) is 6.07 Å². The summed E-state index contributed by atoms with van der Waals surface area (Å²) < 4.78 is 0. The van der Waals surface area contributed by atoms with E-state index in [-0.39, 0.29) is 5.69 Å². The molecule has 0 aliphatic carbocycles. The van der Waals surface area contributed by atoms with Crippen LogP contribution in [0.15, 0.2) is 30.6 Å². The van der Waals surface area contributed by atoms with Gasteiger partial charge in [0.15, 0.2) is 0 Å². The fourth-order valence-electron chi connectivity index (χ4n) is 1.37. The molecule has 2 N–H and O–H groups in total. The minimum absolute atomic E-state index is 0.0567. The smallest absolute Gasteiger partial charge is 0.292 e. The molecule has 0 aliphatic heterocycles. The Kier molecular flexibility index (Phi) is 2.55. The summed E-state index contributed by atoms with van der Waals surface area (Å²) in [4.78, 5) is 10.4. The van der Waals surface area contributed by atoms with Crippen molar-refractivity contribution in [2.45, 2.75) is 6.92 Å². The van der Waals surface area contributed by atoms with Gasteiger partial charge in [-0.3, -0.25) is 15.2 Å². The molecule has 0 saturated heterocycles. The maximum Gasteiger partial charge on any atom is 0.292 e. The second-order valence-electron chi connectivity index (χ2n) is 3.39. The highest BCUT2D eigenvalue weighted by molar-refractivity contribution is 5.69. The summed E-state index contributed by atoms with van der Waals surface area (Å²) >= 11 is 0. The second-order valence-corrected chi connectivity index (χ2v) is 3.39. The topological polar surface area (TPSA) is 83.8 Å². The molecule has 0 bridgehead atoms. The maximum absolute atomic E-state index is 10.8. The second kappa shape index (κ2) is 4.01. The molecular formula is C10H10N4O2. The third-order valence-corrected chi connectivity index (χ3v) is 2.13. The Morgan fingerprint density at radius 3 is 2.94 bits per heavy atom. The summed E-state index contributed by atoms with van der Waals surface area (Å²) in [5.41, 5.74) is 2.05. The summed E-state index contributed by atoms with van der Waals surface area (Å²) in [6.07, 6.45) is 3.19. The van der Waals surface area contributed by atoms with E-state index in [1.807, 2.05) is 13.0 Å². The molecule has 82 valence electrons. The molecule has 6 nitrogen and oxygen atoms in total. The van der Waals surface area contributed by atoms with E-state index in [0.717, 1.165) is 5.56 Å². The Morgan fingerprint density at radius 1 is 1.50 bits per heavy atom. The van der Waals surface area contributed by atoms with E-state index < -0.39 is 4.92 Å². The zero-order valence-corrected chi connectivity index (χ0v) is 8.60. The average Bonchev–Trinajstić information content (AvgIpc) is 2.73. The lowest BCUT2D eigenvalue weighted by Gasteiger charge is -2.04. The zero-order chi connectivity index (χ0) is 11.5. The molecule has 2 rings (SSSR count). The van der Waals surface area contributed by atoms with Gasteiger partial charge in [0.1, 0.15) is 5.69 Å². The van der Waals surface area contributed by atoms with Crippen LogP contribution in [0.2, 0.25) is 0 Å². The summed E-state index contributed by atoms with van der Waals surface area (Å²) in [5, 5.41) is 20.2. The SMILES string of the molecule is Cc1ccc(Nc2cn[nH]c2)c([N+](=O)[O-])c1. The highest BCUT2D eigenvalue weighted by Gasteiger charge is 2.13. The number of nitrogens with zero attached hydrogens (tertiary/aromatic N) is 2. The Morgan fingerprint density at radius 2 is 2.31 bits per heavy atom. The first kappa shape index (κ1) is 10.2. The minimum atomic E-state index is -0.407. The first-order chi connectivity index (χ1) is 7.66. The zero-order valence-electron chi connectivity index (χ0n) is 8.60. The monoisotopic (exact) mass is 218 g/mol. The Bertz CT molecular complexity index is 508. The molecule has 1 aromatic heterocycles. The molecule has 0 amide bonds. The van der Waals surface area contributed by atoms with E-state index in [1.54, 1.807) is 18.5 Å². The fraction of sp³-hybridized carbons (Fsp3) is 0.100. The molecule has 1 aromatic carbocycles. The highest BCUT2D eigenvalue weighted by Crippen LogP contribution is 2.27. The largest absolute Gasteiger partial charge is 0.347 e. The number of H-pyrrole nitrogens is 1. The van der Waals surface area contributed by atoms with Crippen LogP contribution in [0.3, 0.4) is 0 Å². The van der Waals surface area contributed by atoms with Crippen molar-refractivity contribution in [1.29, 1.82) is 0 Å². The number of aromatic nitrogens is 2. The van der Waals surface area contributed by atoms with E-state index in [2.05, 4.69) is 15.5 Å². The van der Waals surface area contributed by atoms with Crippen LogP contribution in [-0.2, 0) is 0 Å². The lowest BCUT2D eigenvalue weighted by molar-refractivity contribution is -0.384. The Hall–Kier alpha value is -2.37. The quantitative estimate of drug-likeness (QED) is 0.611. The molecule has 0 saturated carbocycles. The minimum Gasteiger partial charge on any atom is -0.347 e. The van der Waals surface area contributed by atoms with Gasteiger partial charge in [-0.1, -0.05) is 6.07 Å². The van der Waals surface area contributed by atoms with Crippen LogP contribution in [0.25, 0.3) is 0 Å². The number of aromatic amines is 1. The summed E-state index contributed by atoms with van der Waals surface area (Å²) in [6, 6.07) is 5.03. The number of anilines is 2. The first-order valence-corrected chi connectivity index (χ1v) is 4.67. The van der Waals surface area contributed by atoms with Crippen molar-refractivity contribution in [3.05, 3.63) is 46.3 Å². The molecule has 0 unspecified atom stereocenters. The number of rotatable bonds is 3. The predicted octanol–water partition coefficient (Wildman–Crippen LogP) is 2.37. The molecule has 0 fully saturated rings. The van der Waals surface area contributed by atoms with Crippen molar-refractivity contribution in [3.63, 3.8) is 0 Å². The number of nitro groups is 1. The summed E-state index contributed by atoms with van der Waals surface area (Å²) in [6.45, 7) is 1.81. The van der Waals surface area contributed by atoms with Gasteiger partial charge < -0.3 is 5.32 Å². The Balaban J connectivity index is 2.36. The van der Waals surface area contributed by atoms with Crippen molar-refractivity contribution < 1.29 is 4.92 Å². The van der Waals surface area contributed by atoms with Crippen molar-refractivity contribution in [2.75, 3.05) is 5.32 Å². The number of hydrogen-bond donors (Lipinski definition) is 2. The summed E-state index contributed by atoms with van der Waals surface area (Å²) in [5.74, 6) is 0. The van der Waals surface area contributed by atoms with Crippen LogP contribution < -0.4 is 5.32 Å². The van der Waals surface area contributed by atoms with Gasteiger partial charge in [-0.25, -0.2) is 0 Å². The molecule has 0 radical (unpaired) electrons. The van der Waals surface area contributed by atoms with Crippen LogP contribution in [0.5, 0.6) is 0 Å². The van der Waals surface area contributed by atoms with Gasteiger partial charge in [0.2, 0.25) is 0 Å². The third-order valence-electron chi connectivity index (χ3n) is 2.13. The maximum atomic E-state index is 10.8. The van der Waals surface area contributed by atoms with Gasteiger partial charge in [-0.2, -0.15) is 5.10 Å². The molecule has 1 heterocycles. The fourth-order valence-corrected chi connectivity index (χ4v) is 1.37. The normalized spacial score (nSPS) is 10.1. The lowest BCUT2D eigenvalue weighted by Crippen LogP contribution is -1.96. The van der Waals surface area contributed by atoms with Crippen LogP contribution in [0.4, 0.5) is 17.1 Å². The number of nitrogens with one attached hydrogen (secondary N) is 2. The number of aryl methyl sites for hydroxylation is 1. The molecular weight excluding hydrogens is 208 g/mol. The van der Waals surface area contributed by atoms with Gasteiger partial charge >= 0.3 is 0 Å². The standard InChI is InChI=1S/C10H10N4O2/c1-7-2-3-9(10(4-7)14(15)16)13-8-5-11-12-6-8/h2-6,13H,1H3,(H,11,12). The summed E-state index contributed by atoms with van der Waals surface area (Å²) in [7, 11) is 0. The highest BCUT2D eigenvalue weighted by atomic mass is 16.6. The van der Waals surface area contributed by atoms with E-state index in [0.29, 0.717) is 11.4 Å². The van der Waals surface area contributed by atoms with Gasteiger partial charge in [-0.05, 0) is 18.6 Å². The van der Waals surface area contributed by atoms with E-state index in [9.17, 15) is 10.1 Å². The van der Waals surface area contributed by atoms with Crippen molar-refractivity contribution >= 4 is 17.1 Å². The van der Waals surface area contributed by atoms with Crippen molar-refractivity contribution in [1.82, 2.24) is 10.2 Å². The van der Waals surface area contributed by atoms with Gasteiger partial charge in [0, 0.05) is 12.3 Å². The lowest BCUT2D eigenvalue weighted by atomic mass is 10.2. The molecule has 2 aromatic rings. The van der Waals surface area contributed by atoms with Crippen molar-refractivity contribution in [2.24, 2.45) is 0 Å². The molecule has 0 spiro atoms.